The lowest BCUT2D eigenvalue weighted by molar-refractivity contribution is -0.123. The largest absolute Gasteiger partial charge is 0.452 e. The van der Waals surface area contributed by atoms with Gasteiger partial charge in [-0.25, -0.2) is 4.79 Å². The van der Waals surface area contributed by atoms with Crippen LogP contribution in [0, 0.1) is 23.7 Å². The summed E-state index contributed by atoms with van der Waals surface area (Å²) in [5, 5.41) is 3.07. The third-order valence-electron chi connectivity index (χ3n) is 6.68. The van der Waals surface area contributed by atoms with Crippen LogP contribution in [0.15, 0.2) is 60.2 Å². The molecule has 0 spiro atoms. The van der Waals surface area contributed by atoms with Gasteiger partial charge in [0.15, 0.2) is 6.61 Å². The van der Waals surface area contributed by atoms with Crippen molar-refractivity contribution < 1.29 is 23.9 Å². The molecular formula is C25H21ClN2O5. The van der Waals surface area contributed by atoms with E-state index in [1.807, 2.05) is 6.92 Å². The molecule has 3 amide bonds. The Morgan fingerprint density at radius 2 is 1.82 bits per heavy atom. The Kier molecular flexibility index (Phi) is 5.29. The number of hydrogen-bond acceptors (Lipinski definition) is 5. The predicted molar refractivity (Wildman–Crippen MR) is 122 cm³/mol. The van der Waals surface area contributed by atoms with Gasteiger partial charge >= 0.3 is 5.97 Å². The molecule has 1 aliphatic heterocycles. The quantitative estimate of drug-likeness (QED) is 0.412. The Balaban J connectivity index is 1.21. The summed E-state index contributed by atoms with van der Waals surface area (Å²) in [4.78, 5) is 51.6. The Labute approximate surface area is 195 Å². The van der Waals surface area contributed by atoms with E-state index in [1.165, 1.54) is 22.6 Å². The molecule has 8 heteroatoms. The van der Waals surface area contributed by atoms with Crippen LogP contribution in [-0.4, -0.2) is 30.3 Å². The first-order chi connectivity index (χ1) is 15.8. The van der Waals surface area contributed by atoms with E-state index in [1.54, 1.807) is 36.4 Å². The monoisotopic (exact) mass is 464 g/mol. The molecule has 1 saturated heterocycles. The van der Waals surface area contributed by atoms with Crippen LogP contribution < -0.4 is 10.2 Å². The molecule has 2 aromatic rings. The number of carbonyl (C=O) groups is 4. The predicted octanol–water partition coefficient (Wildman–Crippen LogP) is 3.84. The molecule has 0 radical (unpaired) electrons. The minimum atomic E-state index is -0.684. The number of amides is 3. The number of nitrogens with zero attached hydrogens (tertiary/aromatic N) is 1. The summed E-state index contributed by atoms with van der Waals surface area (Å²) in [5.41, 5.74) is 2.34. The van der Waals surface area contributed by atoms with Crippen LogP contribution in [0.4, 0.5) is 11.4 Å². The topological polar surface area (TPSA) is 92.8 Å². The molecule has 33 heavy (non-hydrogen) atoms. The Bertz CT molecular complexity index is 1210. The van der Waals surface area contributed by atoms with E-state index in [9.17, 15) is 19.2 Å². The Hall–Kier alpha value is -3.45. The fourth-order valence-electron chi connectivity index (χ4n) is 5.25. The number of imide groups is 1. The smallest absolute Gasteiger partial charge is 0.338 e. The number of anilines is 2. The van der Waals surface area contributed by atoms with Crippen molar-refractivity contribution in [1.82, 2.24) is 0 Å². The van der Waals surface area contributed by atoms with Crippen molar-refractivity contribution in [3.63, 3.8) is 0 Å². The summed E-state index contributed by atoms with van der Waals surface area (Å²) in [6.07, 6.45) is 3.00. The van der Waals surface area contributed by atoms with Gasteiger partial charge in [-0.15, -0.1) is 0 Å². The maximum Gasteiger partial charge on any atom is 0.338 e. The third kappa shape index (κ3) is 3.72. The number of hydrogen-bond donors (Lipinski definition) is 1. The van der Waals surface area contributed by atoms with E-state index in [-0.39, 0.29) is 41.0 Å². The third-order valence-corrected chi connectivity index (χ3v) is 6.92. The highest BCUT2D eigenvalue weighted by Gasteiger charge is 2.60. The standard InChI is InChI=1S/C25H21ClN2O5/c1-13-9-15-10-19(13)22-21(15)23(30)28(24(22)31)18-7-5-14(6-8-18)25(32)33-12-20(29)27-17-4-2-3-16(26)11-17/h2-9,11,15,19,21-22H,10,12H2,1H3,(H,27,29)/t15-,19+,21-,22+/m0/s1. The van der Waals surface area contributed by atoms with E-state index in [0.717, 1.165) is 6.42 Å². The van der Waals surface area contributed by atoms with Gasteiger partial charge in [0.05, 0.1) is 23.1 Å². The number of fused-ring (bicyclic) bond motifs is 5. The number of benzene rings is 2. The molecule has 7 nitrogen and oxygen atoms in total. The fraction of sp³-hybridized carbons (Fsp3) is 0.280. The second-order valence-electron chi connectivity index (χ2n) is 8.66. The maximum atomic E-state index is 13.0. The van der Waals surface area contributed by atoms with Crippen molar-refractivity contribution >= 4 is 46.7 Å². The molecule has 2 bridgehead atoms. The highest BCUT2D eigenvalue weighted by Crippen LogP contribution is 2.55. The number of nitrogens with one attached hydrogen (secondary N) is 1. The van der Waals surface area contributed by atoms with Crippen molar-refractivity contribution in [3.05, 3.63) is 70.8 Å². The molecule has 1 saturated carbocycles. The lowest BCUT2D eigenvalue weighted by Gasteiger charge is -2.19. The average molecular weight is 465 g/mol. The van der Waals surface area contributed by atoms with Gasteiger partial charge in [0.2, 0.25) is 11.8 Å². The van der Waals surface area contributed by atoms with Crippen LogP contribution in [0.3, 0.4) is 0 Å². The van der Waals surface area contributed by atoms with Crippen LogP contribution in [0.1, 0.15) is 23.7 Å². The van der Waals surface area contributed by atoms with Crippen molar-refractivity contribution in [1.29, 1.82) is 0 Å². The highest BCUT2D eigenvalue weighted by molar-refractivity contribution is 6.30. The summed E-state index contributed by atoms with van der Waals surface area (Å²) < 4.78 is 5.07. The van der Waals surface area contributed by atoms with Crippen molar-refractivity contribution in [2.75, 3.05) is 16.8 Å². The molecule has 5 rings (SSSR count). The van der Waals surface area contributed by atoms with Crippen molar-refractivity contribution in [2.24, 2.45) is 23.7 Å². The maximum absolute atomic E-state index is 13.0. The summed E-state index contributed by atoms with van der Waals surface area (Å²) in [6.45, 7) is 1.56. The second kappa shape index (κ2) is 8.15. The summed E-state index contributed by atoms with van der Waals surface area (Å²) >= 11 is 5.88. The van der Waals surface area contributed by atoms with Gasteiger partial charge in [-0.1, -0.05) is 29.3 Å². The number of carbonyl (C=O) groups excluding carboxylic acids is 4. The SMILES string of the molecule is CC1=C[C@H]2C[C@H]1[C@H]1C(=O)N(c3ccc(C(=O)OCC(=O)Nc4cccc(Cl)c4)cc3)C(=O)[C@H]12. The van der Waals surface area contributed by atoms with Gasteiger partial charge in [-0.05, 0) is 67.6 Å². The van der Waals surface area contributed by atoms with Gasteiger partial charge in [-0.3, -0.25) is 19.3 Å². The van der Waals surface area contributed by atoms with Crippen LogP contribution in [0.2, 0.25) is 5.02 Å². The number of esters is 1. The Morgan fingerprint density at radius 1 is 1.09 bits per heavy atom. The molecule has 1 heterocycles. The zero-order valence-corrected chi connectivity index (χ0v) is 18.5. The van der Waals surface area contributed by atoms with Crippen LogP contribution >= 0.6 is 11.6 Å². The zero-order chi connectivity index (χ0) is 23.3. The van der Waals surface area contributed by atoms with E-state index < -0.39 is 18.5 Å². The molecule has 1 N–H and O–H groups in total. The first-order valence-electron chi connectivity index (χ1n) is 10.7. The average Bonchev–Trinajstić information content (AvgIpc) is 3.42. The number of halogens is 1. The minimum absolute atomic E-state index is 0.133. The summed E-state index contributed by atoms with van der Waals surface area (Å²) in [5.74, 6) is -1.81. The highest BCUT2D eigenvalue weighted by atomic mass is 35.5. The van der Waals surface area contributed by atoms with Gasteiger partial charge < -0.3 is 10.1 Å². The van der Waals surface area contributed by atoms with E-state index in [4.69, 9.17) is 16.3 Å². The van der Waals surface area contributed by atoms with E-state index >= 15 is 0 Å². The first-order valence-corrected chi connectivity index (χ1v) is 11.1. The number of rotatable bonds is 5. The molecule has 0 unspecified atom stereocenters. The normalized spacial score (nSPS) is 25.2. The molecule has 3 aliphatic rings. The zero-order valence-electron chi connectivity index (χ0n) is 17.8. The van der Waals surface area contributed by atoms with E-state index in [2.05, 4.69) is 11.4 Å². The van der Waals surface area contributed by atoms with E-state index in [0.29, 0.717) is 16.4 Å². The summed E-state index contributed by atoms with van der Waals surface area (Å²) in [7, 11) is 0. The van der Waals surface area contributed by atoms with Crippen molar-refractivity contribution in [2.45, 2.75) is 13.3 Å². The lowest BCUT2D eigenvalue weighted by atomic mass is 9.82. The van der Waals surface area contributed by atoms with Gasteiger partial charge in [0.1, 0.15) is 0 Å². The van der Waals surface area contributed by atoms with Crippen molar-refractivity contribution in [3.8, 4) is 0 Å². The van der Waals surface area contributed by atoms with Crippen LogP contribution in [-0.2, 0) is 19.1 Å². The molecule has 0 aromatic heterocycles. The number of ether oxygens (including phenoxy) is 1. The molecule has 2 fully saturated rings. The first kappa shape index (κ1) is 21.4. The molecule has 168 valence electrons. The fourth-order valence-corrected chi connectivity index (χ4v) is 5.44. The lowest BCUT2D eigenvalue weighted by Crippen LogP contribution is -2.33. The second-order valence-corrected chi connectivity index (χ2v) is 9.10. The summed E-state index contributed by atoms with van der Waals surface area (Å²) in [6, 6.07) is 12.7. The van der Waals surface area contributed by atoms with Gasteiger partial charge in [0, 0.05) is 10.7 Å². The van der Waals surface area contributed by atoms with Gasteiger partial charge in [-0.2, -0.15) is 0 Å². The molecule has 2 aromatic carbocycles. The molecule has 2 aliphatic carbocycles. The molecule has 4 atom stereocenters. The number of allylic oxidation sites excluding steroid dienone is 2. The molecular weight excluding hydrogens is 444 g/mol. The Morgan fingerprint density at radius 3 is 2.55 bits per heavy atom. The van der Waals surface area contributed by atoms with Crippen LogP contribution in [0.5, 0.6) is 0 Å². The van der Waals surface area contributed by atoms with Gasteiger partial charge in [0.25, 0.3) is 5.91 Å². The minimum Gasteiger partial charge on any atom is -0.452 e. The van der Waals surface area contributed by atoms with Crippen LogP contribution in [0.25, 0.3) is 0 Å².